The van der Waals surface area contributed by atoms with Gasteiger partial charge in [-0.3, -0.25) is 0 Å². The molecule has 0 bridgehead atoms. The summed E-state index contributed by atoms with van der Waals surface area (Å²) in [5.74, 6) is 0.440. The first kappa shape index (κ1) is 7.34. The summed E-state index contributed by atoms with van der Waals surface area (Å²) in [4.78, 5) is 3.95. The van der Waals surface area contributed by atoms with Crippen molar-refractivity contribution in [2.24, 2.45) is 0 Å². The first-order valence-electron chi connectivity index (χ1n) is 2.79. The van der Waals surface area contributed by atoms with Gasteiger partial charge in [-0.15, -0.1) is 0 Å². The topological polar surface area (TPSA) is 64.9 Å². The molecule has 3 nitrogen and oxygen atoms in total. The summed E-state index contributed by atoms with van der Waals surface area (Å²) in [5.41, 5.74) is 12.6. The third-order valence-corrected chi connectivity index (χ3v) is 2.05. The number of nitrogen functional groups attached to an aromatic ring is 2. The Morgan fingerprint density at radius 2 is 2.10 bits per heavy atom. The maximum atomic E-state index is 5.57. The van der Waals surface area contributed by atoms with Gasteiger partial charge in [-0.25, -0.2) is 4.98 Å². The Hall–Kier alpha value is -0.770. The van der Waals surface area contributed by atoms with Crippen molar-refractivity contribution in [2.75, 3.05) is 11.5 Å². The number of nitrogens with zero attached hydrogens (tertiary/aromatic N) is 1. The third kappa shape index (κ3) is 1.21. The maximum absolute atomic E-state index is 5.57. The van der Waals surface area contributed by atoms with Crippen LogP contribution >= 0.6 is 15.9 Å². The predicted octanol–water partition coefficient (Wildman–Crippen LogP) is 1.32. The molecule has 0 spiro atoms. The van der Waals surface area contributed by atoms with Crippen molar-refractivity contribution in [3.8, 4) is 0 Å². The van der Waals surface area contributed by atoms with Crippen LogP contribution < -0.4 is 11.5 Å². The lowest BCUT2D eigenvalue weighted by atomic mass is 10.3. The zero-order valence-corrected chi connectivity index (χ0v) is 7.14. The van der Waals surface area contributed by atoms with Crippen molar-refractivity contribution in [1.29, 1.82) is 0 Å². The zero-order valence-electron chi connectivity index (χ0n) is 5.56. The van der Waals surface area contributed by atoms with Gasteiger partial charge in [0.2, 0.25) is 0 Å². The normalized spacial score (nSPS) is 9.80. The largest absolute Gasteiger partial charge is 0.398 e. The predicted molar refractivity (Wildman–Crippen MR) is 45.5 cm³/mol. The van der Waals surface area contributed by atoms with E-state index >= 15 is 0 Å². The van der Waals surface area contributed by atoms with Gasteiger partial charge in [0.15, 0.2) is 0 Å². The van der Waals surface area contributed by atoms with Crippen LogP contribution in [0.2, 0.25) is 0 Å². The Morgan fingerprint density at radius 3 is 2.60 bits per heavy atom. The van der Waals surface area contributed by atoms with Gasteiger partial charge in [-0.2, -0.15) is 0 Å². The number of hydrogen-bond acceptors (Lipinski definition) is 3. The average molecular weight is 202 g/mol. The zero-order chi connectivity index (χ0) is 7.72. The van der Waals surface area contributed by atoms with Crippen molar-refractivity contribution in [3.05, 3.63) is 16.2 Å². The molecule has 1 rings (SSSR count). The number of anilines is 2. The molecule has 4 heteroatoms. The van der Waals surface area contributed by atoms with Crippen LogP contribution in [0.3, 0.4) is 0 Å². The summed E-state index contributed by atoms with van der Waals surface area (Å²) >= 11 is 3.23. The van der Waals surface area contributed by atoms with E-state index < -0.39 is 0 Å². The minimum atomic E-state index is 0.440. The average Bonchev–Trinajstić information content (AvgIpc) is 1.82. The highest BCUT2D eigenvalue weighted by molar-refractivity contribution is 9.10. The smallest absolute Gasteiger partial charge is 0.126 e. The van der Waals surface area contributed by atoms with E-state index in [-0.39, 0.29) is 0 Å². The van der Waals surface area contributed by atoms with E-state index in [9.17, 15) is 0 Å². The van der Waals surface area contributed by atoms with Crippen LogP contribution in [0, 0.1) is 6.92 Å². The van der Waals surface area contributed by atoms with Crippen molar-refractivity contribution in [3.63, 3.8) is 0 Å². The third-order valence-electron chi connectivity index (χ3n) is 1.27. The van der Waals surface area contributed by atoms with Crippen LogP contribution in [-0.4, -0.2) is 4.98 Å². The molecule has 0 fully saturated rings. The van der Waals surface area contributed by atoms with Crippen molar-refractivity contribution in [2.45, 2.75) is 6.92 Å². The van der Waals surface area contributed by atoms with Crippen molar-refractivity contribution >= 4 is 27.4 Å². The number of hydrogen-bond donors (Lipinski definition) is 2. The Bertz CT molecular complexity index is 236. The van der Waals surface area contributed by atoms with E-state index in [0.717, 1.165) is 5.56 Å². The number of pyridine rings is 1. The van der Waals surface area contributed by atoms with Gasteiger partial charge in [0.1, 0.15) is 10.4 Å². The van der Waals surface area contributed by atoms with E-state index in [1.165, 1.54) is 0 Å². The fourth-order valence-electron chi connectivity index (χ4n) is 0.616. The highest BCUT2D eigenvalue weighted by Crippen LogP contribution is 2.20. The first-order chi connectivity index (χ1) is 4.61. The molecule has 0 aliphatic rings. The summed E-state index contributed by atoms with van der Waals surface area (Å²) in [7, 11) is 0. The summed E-state index contributed by atoms with van der Waals surface area (Å²) in [5, 5.41) is 0. The molecule has 4 N–H and O–H groups in total. The highest BCUT2D eigenvalue weighted by atomic mass is 79.9. The lowest BCUT2D eigenvalue weighted by Gasteiger charge is -2.01. The first-order valence-corrected chi connectivity index (χ1v) is 3.58. The van der Waals surface area contributed by atoms with E-state index in [1.807, 2.05) is 6.92 Å². The minimum absolute atomic E-state index is 0.440. The molecule has 0 saturated carbocycles. The molecular formula is C6H8BrN3. The van der Waals surface area contributed by atoms with Gasteiger partial charge >= 0.3 is 0 Å². The van der Waals surface area contributed by atoms with E-state index in [2.05, 4.69) is 20.9 Å². The molecule has 0 aliphatic heterocycles. The van der Waals surface area contributed by atoms with Gasteiger partial charge < -0.3 is 11.5 Å². The molecule has 54 valence electrons. The number of rotatable bonds is 0. The quantitative estimate of drug-likeness (QED) is 0.623. The summed E-state index contributed by atoms with van der Waals surface area (Å²) in [6.45, 7) is 1.88. The van der Waals surface area contributed by atoms with Crippen LogP contribution in [0.4, 0.5) is 11.5 Å². The molecule has 0 amide bonds. The lowest BCUT2D eigenvalue weighted by Crippen LogP contribution is -1.97. The Balaban J connectivity index is 3.31. The molecule has 0 unspecified atom stereocenters. The second-order valence-corrected chi connectivity index (χ2v) is 2.80. The fraction of sp³-hybridized carbons (Fsp3) is 0.167. The number of halogens is 1. The Kier molecular flexibility index (Phi) is 1.80. The molecule has 0 atom stereocenters. The molecule has 1 aromatic heterocycles. The van der Waals surface area contributed by atoms with E-state index in [4.69, 9.17) is 11.5 Å². The molecule has 0 aliphatic carbocycles. The van der Waals surface area contributed by atoms with Gasteiger partial charge in [0.25, 0.3) is 0 Å². The van der Waals surface area contributed by atoms with Crippen LogP contribution in [-0.2, 0) is 0 Å². The summed E-state index contributed by atoms with van der Waals surface area (Å²) in [6.07, 6.45) is 0. The molecule has 1 aromatic rings. The molecule has 0 saturated heterocycles. The van der Waals surface area contributed by atoms with Crippen LogP contribution in [0.15, 0.2) is 10.7 Å². The number of nitrogens with two attached hydrogens (primary N) is 2. The van der Waals surface area contributed by atoms with E-state index in [0.29, 0.717) is 16.1 Å². The summed E-state index contributed by atoms with van der Waals surface area (Å²) < 4.78 is 0.713. The van der Waals surface area contributed by atoms with Crippen LogP contribution in [0.1, 0.15) is 5.56 Å². The molecule has 1 heterocycles. The second kappa shape index (κ2) is 2.46. The maximum Gasteiger partial charge on any atom is 0.126 e. The highest BCUT2D eigenvalue weighted by Gasteiger charge is 2.00. The monoisotopic (exact) mass is 201 g/mol. The molecule has 0 aromatic carbocycles. The second-order valence-electron chi connectivity index (χ2n) is 2.05. The van der Waals surface area contributed by atoms with E-state index in [1.54, 1.807) is 6.07 Å². The minimum Gasteiger partial charge on any atom is -0.398 e. The van der Waals surface area contributed by atoms with Gasteiger partial charge in [0, 0.05) is 17.3 Å². The lowest BCUT2D eigenvalue weighted by molar-refractivity contribution is 1.23. The Labute approximate surface area is 67.6 Å². The van der Waals surface area contributed by atoms with Crippen LogP contribution in [0.5, 0.6) is 0 Å². The van der Waals surface area contributed by atoms with Gasteiger partial charge in [0.05, 0.1) is 0 Å². The standard InChI is InChI=1S/C6H8BrN3/c1-3-4(8)2-5(9)10-6(3)7/h2H,1H3,(H4,8,9,10). The molecule has 0 radical (unpaired) electrons. The molecular weight excluding hydrogens is 194 g/mol. The molecule has 10 heavy (non-hydrogen) atoms. The fourth-order valence-corrected chi connectivity index (χ4v) is 1.05. The number of aromatic nitrogens is 1. The van der Waals surface area contributed by atoms with Crippen molar-refractivity contribution < 1.29 is 0 Å². The Morgan fingerprint density at radius 1 is 1.50 bits per heavy atom. The summed E-state index contributed by atoms with van der Waals surface area (Å²) in [6, 6.07) is 1.64. The van der Waals surface area contributed by atoms with Gasteiger partial charge in [-0.1, -0.05) is 0 Å². The van der Waals surface area contributed by atoms with Crippen LogP contribution in [0.25, 0.3) is 0 Å². The van der Waals surface area contributed by atoms with Crippen molar-refractivity contribution in [1.82, 2.24) is 4.98 Å². The van der Waals surface area contributed by atoms with Gasteiger partial charge in [-0.05, 0) is 22.9 Å². The SMILES string of the molecule is Cc1c(N)cc(N)nc1Br.